The van der Waals surface area contributed by atoms with Crippen LogP contribution in [0.1, 0.15) is 91.9 Å². The number of carboxylic acid groups (broad SMARTS) is 2. The van der Waals surface area contributed by atoms with Crippen LogP contribution in [0.5, 0.6) is 0 Å². The van der Waals surface area contributed by atoms with E-state index in [0.29, 0.717) is 25.7 Å². The van der Waals surface area contributed by atoms with E-state index in [2.05, 4.69) is 0 Å². The number of hydrogen-bond acceptors (Lipinski definition) is 4. The van der Waals surface area contributed by atoms with Gasteiger partial charge in [-0.15, -0.1) is 0 Å². The van der Waals surface area contributed by atoms with Gasteiger partial charge in [0, 0.05) is 22.4 Å². The summed E-state index contributed by atoms with van der Waals surface area (Å²) in [7, 11) is -5.15. The first kappa shape index (κ1) is 30.8. The van der Waals surface area contributed by atoms with Gasteiger partial charge in [0.2, 0.25) is 4.75 Å². The standard InChI is InChI=1S/C20H38O7S.Ag/c1-5-9-11-15(7-3)13-17(18(21)22)20(19(23)24,28(25,26)27)14-16(8-4)12-10-6-2;/h15-17H,5-14H2,1-4H3,(H,21,22)(H,23,24)(H,25,26,27);. The molecular formula is C20H38AgO7S. The Morgan fingerprint density at radius 3 is 1.66 bits per heavy atom. The van der Waals surface area contributed by atoms with Gasteiger partial charge in [-0.1, -0.05) is 79.1 Å². The zero-order valence-electron chi connectivity index (χ0n) is 18.0. The molecule has 0 saturated carbocycles. The van der Waals surface area contributed by atoms with Gasteiger partial charge >= 0.3 is 11.9 Å². The molecule has 0 aliphatic carbocycles. The zero-order valence-corrected chi connectivity index (χ0v) is 20.3. The molecule has 4 atom stereocenters. The van der Waals surface area contributed by atoms with Gasteiger partial charge in [0.15, 0.2) is 0 Å². The minimum Gasteiger partial charge on any atom is -0.481 e. The topological polar surface area (TPSA) is 129 Å². The molecule has 0 spiro atoms. The molecule has 3 N–H and O–H groups in total. The molecule has 0 aromatic carbocycles. The van der Waals surface area contributed by atoms with Crippen LogP contribution in [0.2, 0.25) is 0 Å². The molecule has 0 aromatic heterocycles. The van der Waals surface area contributed by atoms with E-state index in [0.717, 1.165) is 25.7 Å². The number of aliphatic carboxylic acids is 2. The summed E-state index contributed by atoms with van der Waals surface area (Å²) < 4.78 is 32.0. The molecule has 177 valence electrons. The normalized spacial score (nSPS) is 16.9. The first-order valence-electron chi connectivity index (χ1n) is 10.4. The fourth-order valence-electron chi connectivity index (χ4n) is 3.95. The summed E-state index contributed by atoms with van der Waals surface area (Å²) in [5.74, 6) is -5.37. The maximum absolute atomic E-state index is 12.4. The third-order valence-electron chi connectivity index (χ3n) is 5.93. The van der Waals surface area contributed by atoms with Crippen LogP contribution in [-0.4, -0.2) is 39.9 Å². The molecule has 0 aliphatic rings. The van der Waals surface area contributed by atoms with E-state index >= 15 is 0 Å². The molecule has 0 aromatic rings. The summed E-state index contributed by atoms with van der Waals surface area (Å²) in [6, 6.07) is 0. The van der Waals surface area contributed by atoms with Gasteiger partial charge in [-0.25, -0.2) is 0 Å². The average molecular weight is 530 g/mol. The van der Waals surface area contributed by atoms with Gasteiger partial charge in [-0.3, -0.25) is 14.1 Å². The number of rotatable bonds is 16. The molecular weight excluding hydrogens is 492 g/mol. The SMILES string of the molecule is CCCCC(CC)CC(C(=O)O)C(CC(CC)CCCC)(C(=O)O)S(=O)(=O)O.[Ag]. The van der Waals surface area contributed by atoms with E-state index < -0.39 is 39.1 Å². The van der Waals surface area contributed by atoms with Crippen molar-refractivity contribution in [1.29, 1.82) is 0 Å². The summed E-state index contributed by atoms with van der Waals surface area (Å²) >= 11 is 0. The van der Waals surface area contributed by atoms with Crippen molar-refractivity contribution in [2.75, 3.05) is 0 Å². The molecule has 4 unspecified atom stereocenters. The fraction of sp³-hybridized carbons (Fsp3) is 0.900. The predicted octanol–water partition coefficient (Wildman–Crippen LogP) is 4.61. The van der Waals surface area contributed by atoms with Crippen LogP contribution in [0.25, 0.3) is 0 Å². The maximum Gasteiger partial charge on any atom is 0.328 e. The Labute approximate surface area is 191 Å². The van der Waals surface area contributed by atoms with Crippen molar-refractivity contribution in [3.63, 3.8) is 0 Å². The van der Waals surface area contributed by atoms with E-state index in [1.54, 1.807) is 0 Å². The van der Waals surface area contributed by atoms with Gasteiger partial charge < -0.3 is 10.2 Å². The minimum absolute atomic E-state index is 0. The number of hydrogen-bond donors (Lipinski definition) is 3. The van der Waals surface area contributed by atoms with E-state index in [1.807, 2.05) is 27.7 Å². The van der Waals surface area contributed by atoms with E-state index in [4.69, 9.17) is 0 Å². The maximum atomic E-state index is 12.4. The Morgan fingerprint density at radius 2 is 1.34 bits per heavy atom. The molecule has 7 nitrogen and oxygen atoms in total. The Kier molecular flexibility index (Phi) is 15.5. The zero-order chi connectivity index (χ0) is 22.0. The Bertz CT molecular complexity index is 594. The Hall–Kier alpha value is -0.410. The van der Waals surface area contributed by atoms with Crippen molar-refractivity contribution in [2.45, 2.75) is 96.7 Å². The van der Waals surface area contributed by atoms with E-state index in [-0.39, 0.29) is 40.6 Å². The summed E-state index contributed by atoms with van der Waals surface area (Å²) in [6.45, 7) is 7.67. The number of carboxylic acids is 2. The van der Waals surface area contributed by atoms with Crippen LogP contribution in [0.15, 0.2) is 0 Å². The molecule has 0 bridgehead atoms. The second kappa shape index (κ2) is 14.6. The van der Waals surface area contributed by atoms with Crippen LogP contribution in [0.3, 0.4) is 0 Å². The molecule has 9 heteroatoms. The summed E-state index contributed by atoms with van der Waals surface area (Å²) in [4.78, 5) is 24.3. The van der Waals surface area contributed by atoms with Gasteiger partial charge in [-0.05, 0) is 24.7 Å². The van der Waals surface area contributed by atoms with E-state index in [9.17, 15) is 32.8 Å². The number of carbonyl (C=O) groups is 2. The second-order valence-corrected chi connectivity index (χ2v) is 9.51. The average Bonchev–Trinajstić information content (AvgIpc) is 2.61. The quantitative estimate of drug-likeness (QED) is 0.196. The first-order valence-corrected chi connectivity index (χ1v) is 11.9. The summed E-state index contributed by atoms with van der Waals surface area (Å²) in [5.41, 5.74) is 0. The third kappa shape index (κ3) is 8.69. The first-order chi connectivity index (χ1) is 13.0. The third-order valence-corrected chi connectivity index (χ3v) is 7.48. The van der Waals surface area contributed by atoms with Gasteiger partial charge in [0.05, 0.1) is 5.92 Å². The molecule has 29 heavy (non-hydrogen) atoms. The Balaban J connectivity index is 0. The smallest absolute Gasteiger partial charge is 0.328 e. The number of unbranched alkanes of at least 4 members (excludes halogenated alkanes) is 2. The summed E-state index contributed by atoms with van der Waals surface area (Å²) in [6.07, 6.45) is 5.37. The van der Waals surface area contributed by atoms with Crippen molar-refractivity contribution in [3.05, 3.63) is 0 Å². The molecule has 0 heterocycles. The van der Waals surface area contributed by atoms with Crippen LogP contribution in [0.4, 0.5) is 0 Å². The van der Waals surface area contributed by atoms with Crippen LogP contribution in [-0.2, 0) is 42.1 Å². The minimum atomic E-state index is -5.15. The largest absolute Gasteiger partial charge is 0.481 e. The molecule has 0 fully saturated rings. The van der Waals surface area contributed by atoms with E-state index in [1.165, 1.54) is 0 Å². The van der Waals surface area contributed by atoms with Crippen LogP contribution >= 0.6 is 0 Å². The summed E-state index contributed by atoms with van der Waals surface area (Å²) in [5, 5.41) is 19.7. The molecule has 0 saturated heterocycles. The fourth-order valence-corrected chi connectivity index (χ4v) is 5.18. The van der Waals surface area contributed by atoms with Crippen molar-refractivity contribution in [1.82, 2.24) is 0 Å². The Morgan fingerprint density at radius 1 is 0.897 bits per heavy atom. The van der Waals surface area contributed by atoms with Crippen molar-refractivity contribution in [3.8, 4) is 0 Å². The predicted molar refractivity (Wildman–Crippen MR) is 109 cm³/mol. The van der Waals surface area contributed by atoms with Crippen LogP contribution in [0, 0.1) is 17.8 Å². The molecule has 0 amide bonds. The van der Waals surface area contributed by atoms with Gasteiger partial charge in [0.25, 0.3) is 10.1 Å². The molecule has 0 rings (SSSR count). The molecule has 0 aliphatic heterocycles. The van der Waals surface area contributed by atoms with Gasteiger partial charge in [-0.2, -0.15) is 8.42 Å². The van der Waals surface area contributed by atoms with Gasteiger partial charge in [0.1, 0.15) is 0 Å². The van der Waals surface area contributed by atoms with Crippen LogP contribution < -0.4 is 0 Å². The van der Waals surface area contributed by atoms with Crippen molar-refractivity contribution >= 4 is 22.1 Å². The monoisotopic (exact) mass is 529 g/mol. The van der Waals surface area contributed by atoms with Crippen molar-refractivity contribution in [2.24, 2.45) is 17.8 Å². The second-order valence-electron chi connectivity index (χ2n) is 7.83. The molecule has 1 radical (unpaired) electrons. The van der Waals surface area contributed by atoms with Crippen molar-refractivity contribution < 1.29 is 55.2 Å².